The van der Waals surface area contributed by atoms with Crippen LogP contribution in [-0.4, -0.2) is 33.8 Å². The molecule has 7 nitrogen and oxygen atoms in total. The summed E-state index contributed by atoms with van der Waals surface area (Å²) < 4.78 is 5.64. The van der Waals surface area contributed by atoms with Crippen molar-refractivity contribution in [3.63, 3.8) is 0 Å². The van der Waals surface area contributed by atoms with Crippen molar-refractivity contribution in [2.75, 3.05) is 12.3 Å². The van der Waals surface area contributed by atoms with Crippen molar-refractivity contribution in [3.8, 4) is 0 Å². The van der Waals surface area contributed by atoms with Gasteiger partial charge in [0.1, 0.15) is 5.52 Å². The topological polar surface area (TPSA) is 101 Å². The first-order valence-electron chi connectivity index (χ1n) is 6.60. The number of nitrogens with two attached hydrogens (primary N) is 1. The van der Waals surface area contributed by atoms with Crippen LogP contribution in [0, 0.1) is 0 Å². The van der Waals surface area contributed by atoms with Crippen LogP contribution in [0.15, 0.2) is 22.6 Å². The maximum Gasteiger partial charge on any atom is 0.246 e. The number of hydrogen-bond acceptors (Lipinski definition) is 6. The number of nitrogens with zero attached hydrogens (tertiary/aromatic N) is 2. The molecular weight excluding hydrogens is 272 g/mol. The first-order valence-corrected chi connectivity index (χ1v) is 6.60. The lowest BCUT2D eigenvalue weighted by Gasteiger charge is -2.39. The molecule has 0 spiro atoms. The Morgan fingerprint density at radius 3 is 2.95 bits per heavy atom. The Labute approximate surface area is 121 Å². The molecule has 1 aliphatic heterocycles. The Kier molecular flexibility index (Phi) is 2.94. The van der Waals surface area contributed by atoms with Crippen LogP contribution in [-0.2, 0) is 16.1 Å². The van der Waals surface area contributed by atoms with Gasteiger partial charge in [0.25, 0.3) is 0 Å². The third-order valence-electron chi connectivity index (χ3n) is 3.72. The Bertz CT molecular complexity index is 735. The van der Waals surface area contributed by atoms with Gasteiger partial charge in [-0.3, -0.25) is 19.8 Å². The quantitative estimate of drug-likeness (QED) is 0.621. The normalized spacial score (nSPS) is 19.0. The van der Waals surface area contributed by atoms with Gasteiger partial charge in [-0.25, -0.2) is 4.98 Å². The SMILES string of the molecule is CC1(C)C(=O)NC(=O)CN1Cc1nc2cc(N)ccc2o1. The molecule has 2 aromatic rings. The highest BCUT2D eigenvalue weighted by Gasteiger charge is 2.41. The van der Waals surface area contributed by atoms with E-state index in [1.165, 1.54) is 0 Å². The average Bonchev–Trinajstić information content (AvgIpc) is 2.77. The van der Waals surface area contributed by atoms with Crippen molar-refractivity contribution < 1.29 is 14.0 Å². The number of carbonyl (C=O) groups is 2. The molecule has 2 heterocycles. The fourth-order valence-corrected chi connectivity index (χ4v) is 2.31. The summed E-state index contributed by atoms with van der Waals surface area (Å²) in [6, 6.07) is 5.21. The minimum absolute atomic E-state index is 0.125. The van der Waals surface area contributed by atoms with Crippen molar-refractivity contribution in [1.29, 1.82) is 0 Å². The first kappa shape index (κ1) is 13.6. The van der Waals surface area contributed by atoms with Crippen molar-refractivity contribution in [2.45, 2.75) is 25.9 Å². The lowest BCUT2D eigenvalue weighted by Crippen LogP contribution is -2.63. The van der Waals surface area contributed by atoms with Gasteiger partial charge in [-0.05, 0) is 32.0 Å². The Morgan fingerprint density at radius 2 is 2.19 bits per heavy atom. The van der Waals surface area contributed by atoms with Crippen molar-refractivity contribution in [1.82, 2.24) is 15.2 Å². The van der Waals surface area contributed by atoms with Gasteiger partial charge in [0.2, 0.25) is 17.7 Å². The highest BCUT2D eigenvalue weighted by atomic mass is 16.3. The summed E-state index contributed by atoms with van der Waals surface area (Å²) in [6.45, 7) is 3.92. The Hall–Kier alpha value is -2.41. The van der Waals surface area contributed by atoms with Crippen LogP contribution in [0.3, 0.4) is 0 Å². The number of carbonyl (C=O) groups excluding carboxylic acids is 2. The predicted octanol–water partition coefficient (Wildman–Crippen LogP) is 0.647. The second-order valence-electron chi connectivity index (χ2n) is 5.63. The highest BCUT2D eigenvalue weighted by molar-refractivity contribution is 6.02. The number of nitrogen functional groups attached to an aromatic ring is 1. The first-order chi connectivity index (χ1) is 9.86. The molecule has 0 aliphatic carbocycles. The van der Waals surface area contributed by atoms with Gasteiger partial charge >= 0.3 is 0 Å². The molecule has 0 saturated carbocycles. The van der Waals surface area contributed by atoms with Gasteiger partial charge in [0.15, 0.2) is 5.58 Å². The number of amides is 2. The number of anilines is 1. The summed E-state index contributed by atoms with van der Waals surface area (Å²) in [6.07, 6.45) is 0. The van der Waals surface area contributed by atoms with Crippen LogP contribution in [0.25, 0.3) is 11.1 Å². The summed E-state index contributed by atoms with van der Waals surface area (Å²) in [5, 5.41) is 2.33. The third kappa shape index (κ3) is 2.36. The summed E-state index contributed by atoms with van der Waals surface area (Å²) in [5.41, 5.74) is 6.81. The van der Waals surface area contributed by atoms with Gasteiger partial charge < -0.3 is 10.2 Å². The van der Waals surface area contributed by atoms with Crippen LogP contribution >= 0.6 is 0 Å². The zero-order chi connectivity index (χ0) is 15.2. The smallest absolute Gasteiger partial charge is 0.246 e. The van der Waals surface area contributed by atoms with E-state index in [0.29, 0.717) is 22.7 Å². The summed E-state index contributed by atoms with van der Waals surface area (Å²) in [7, 11) is 0. The van der Waals surface area contributed by atoms with Gasteiger partial charge in [-0.15, -0.1) is 0 Å². The van der Waals surface area contributed by atoms with Crippen LogP contribution in [0.2, 0.25) is 0 Å². The molecule has 0 radical (unpaired) electrons. The molecule has 1 aliphatic rings. The number of piperazine rings is 1. The lowest BCUT2D eigenvalue weighted by atomic mass is 9.99. The molecule has 1 aromatic heterocycles. The van der Waals surface area contributed by atoms with E-state index in [1.807, 2.05) is 0 Å². The Morgan fingerprint density at radius 1 is 1.43 bits per heavy atom. The van der Waals surface area contributed by atoms with Crippen molar-refractivity contribution in [3.05, 3.63) is 24.1 Å². The maximum absolute atomic E-state index is 11.9. The molecule has 0 bridgehead atoms. The number of rotatable bonds is 2. The molecule has 1 saturated heterocycles. The van der Waals surface area contributed by atoms with E-state index in [9.17, 15) is 9.59 Å². The van der Waals surface area contributed by atoms with E-state index in [1.54, 1.807) is 36.9 Å². The van der Waals surface area contributed by atoms with Crippen LogP contribution in [0.1, 0.15) is 19.7 Å². The molecular formula is C14H16N4O3. The third-order valence-corrected chi connectivity index (χ3v) is 3.72. The van der Waals surface area contributed by atoms with Gasteiger partial charge in [0.05, 0.1) is 18.6 Å². The standard InChI is InChI=1S/C14H16N4O3/c1-14(2)13(20)17-11(19)6-18(14)7-12-16-9-5-8(15)3-4-10(9)21-12/h3-5H,6-7,15H2,1-2H3,(H,17,19,20). The minimum Gasteiger partial charge on any atom is -0.439 e. The fourth-order valence-electron chi connectivity index (χ4n) is 2.31. The molecule has 7 heteroatoms. The summed E-state index contributed by atoms with van der Waals surface area (Å²) in [5.74, 6) is -0.190. The maximum atomic E-state index is 11.9. The molecule has 1 fully saturated rings. The van der Waals surface area contributed by atoms with Crippen LogP contribution in [0.5, 0.6) is 0 Å². The largest absolute Gasteiger partial charge is 0.439 e. The minimum atomic E-state index is -0.798. The van der Waals surface area contributed by atoms with Crippen LogP contribution < -0.4 is 11.1 Å². The molecule has 110 valence electrons. The van der Waals surface area contributed by atoms with E-state index in [4.69, 9.17) is 10.2 Å². The zero-order valence-corrected chi connectivity index (χ0v) is 11.8. The van der Waals surface area contributed by atoms with E-state index in [-0.39, 0.29) is 24.9 Å². The van der Waals surface area contributed by atoms with E-state index >= 15 is 0 Å². The second-order valence-corrected chi connectivity index (χ2v) is 5.63. The van der Waals surface area contributed by atoms with E-state index < -0.39 is 5.54 Å². The average molecular weight is 288 g/mol. The van der Waals surface area contributed by atoms with E-state index in [2.05, 4.69) is 10.3 Å². The molecule has 0 atom stereocenters. The number of aromatic nitrogens is 1. The monoisotopic (exact) mass is 288 g/mol. The molecule has 0 unspecified atom stereocenters. The molecule has 3 rings (SSSR count). The zero-order valence-electron chi connectivity index (χ0n) is 11.8. The van der Waals surface area contributed by atoms with Gasteiger partial charge in [0, 0.05) is 5.69 Å². The number of fused-ring (bicyclic) bond motifs is 1. The van der Waals surface area contributed by atoms with E-state index in [0.717, 1.165) is 0 Å². The second kappa shape index (κ2) is 4.56. The number of imide groups is 1. The predicted molar refractivity (Wildman–Crippen MR) is 76.1 cm³/mol. The van der Waals surface area contributed by atoms with Crippen molar-refractivity contribution in [2.24, 2.45) is 0 Å². The fraction of sp³-hybridized carbons (Fsp3) is 0.357. The summed E-state index contributed by atoms with van der Waals surface area (Å²) >= 11 is 0. The highest BCUT2D eigenvalue weighted by Crippen LogP contribution is 2.23. The number of benzene rings is 1. The Balaban J connectivity index is 1.89. The van der Waals surface area contributed by atoms with Crippen molar-refractivity contribution >= 4 is 28.6 Å². The summed E-state index contributed by atoms with van der Waals surface area (Å²) in [4.78, 5) is 29.5. The van der Waals surface area contributed by atoms with Crippen LogP contribution in [0.4, 0.5) is 5.69 Å². The lowest BCUT2D eigenvalue weighted by molar-refractivity contribution is -0.145. The number of nitrogens with one attached hydrogen (secondary N) is 1. The number of oxazole rings is 1. The number of hydrogen-bond donors (Lipinski definition) is 2. The van der Waals surface area contributed by atoms with Gasteiger partial charge in [-0.2, -0.15) is 0 Å². The molecule has 3 N–H and O–H groups in total. The molecule has 1 aromatic carbocycles. The molecule has 21 heavy (non-hydrogen) atoms. The molecule has 2 amide bonds. The van der Waals surface area contributed by atoms with Gasteiger partial charge in [-0.1, -0.05) is 0 Å².